The first-order valence-electron chi connectivity index (χ1n) is 11.6. The highest BCUT2D eigenvalue weighted by Gasteiger charge is 2.35. The summed E-state index contributed by atoms with van der Waals surface area (Å²) in [5.41, 5.74) is 0.129. The maximum Gasteiger partial charge on any atom is 0.191 e. The first kappa shape index (κ1) is 23.9. The Balaban J connectivity index is 1.59. The lowest BCUT2D eigenvalue weighted by Gasteiger charge is -2.40. The molecule has 2 unspecified atom stereocenters. The van der Waals surface area contributed by atoms with Gasteiger partial charge < -0.3 is 24.7 Å². The number of aliphatic imine (C=N–C) groups is 1. The van der Waals surface area contributed by atoms with E-state index in [1.165, 1.54) is 6.42 Å². The smallest absolute Gasteiger partial charge is 0.191 e. The number of guanidine groups is 1. The third-order valence-electron chi connectivity index (χ3n) is 6.22. The van der Waals surface area contributed by atoms with Crippen molar-refractivity contribution in [2.45, 2.75) is 53.2 Å². The fraction of sp³-hybridized carbons (Fsp3) is 0.864. The van der Waals surface area contributed by atoms with Crippen LogP contribution >= 0.6 is 0 Å². The summed E-state index contributed by atoms with van der Waals surface area (Å²) in [7, 11) is 1.98. The topological polar surface area (TPSA) is 88.8 Å². The van der Waals surface area contributed by atoms with Crippen molar-refractivity contribution >= 4 is 5.96 Å². The Kier molecular flexibility index (Phi) is 8.68. The molecule has 3 rings (SSSR count). The van der Waals surface area contributed by atoms with Crippen molar-refractivity contribution in [2.24, 2.45) is 23.4 Å². The maximum atomic E-state index is 6.16. The molecule has 2 aliphatic heterocycles. The molecule has 0 aliphatic carbocycles. The third kappa shape index (κ3) is 7.15. The van der Waals surface area contributed by atoms with Gasteiger partial charge in [-0.15, -0.1) is 10.2 Å². The van der Waals surface area contributed by atoms with E-state index >= 15 is 0 Å². The van der Waals surface area contributed by atoms with Crippen LogP contribution in [0.15, 0.2) is 4.99 Å². The predicted molar refractivity (Wildman–Crippen MR) is 122 cm³/mol. The highest BCUT2D eigenvalue weighted by atomic mass is 16.5. The predicted octanol–water partition coefficient (Wildman–Crippen LogP) is 1.33. The van der Waals surface area contributed by atoms with Crippen molar-refractivity contribution in [1.29, 1.82) is 0 Å². The summed E-state index contributed by atoms with van der Waals surface area (Å²) in [5.74, 6) is 3.05. The molecule has 2 saturated heterocycles. The lowest BCUT2D eigenvalue weighted by molar-refractivity contribution is -0.0835. The Morgan fingerprint density at radius 3 is 2.61 bits per heavy atom. The number of hydrogen-bond donors (Lipinski definition) is 2. The molecule has 0 bridgehead atoms. The number of ether oxygens (including phenoxy) is 2. The fourth-order valence-corrected chi connectivity index (χ4v) is 4.31. The molecule has 2 N–H and O–H groups in total. The average Bonchev–Trinajstić information content (AvgIpc) is 3.07. The summed E-state index contributed by atoms with van der Waals surface area (Å²) in [6, 6.07) is 0. The van der Waals surface area contributed by atoms with Crippen molar-refractivity contribution < 1.29 is 9.47 Å². The number of aromatic nitrogens is 3. The second-order valence-electron chi connectivity index (χ2n) is 9.71. The third-order valence-corrected chi connectivity index (χ3v) is 6.22. The summed E-state index contributed by atoms with van der Waals surface area (Å²) >= 11 is 0. The van der Waals surface area contributed by atoms with Gasteiger partial charge in [0.05, 0.1) is 19.3 Å². The monoisotopic (exact) mass is 435 g/mol. The molecular weight excluding hydrogens is 394 g/mol. The molecule has 0 saturated carbocycles. The first-order valence-corrected chi connectivity index (χ1v) is 11.6. The van der Waals surface area contributed by atoms with Crippen molar-refractivity contribution in [3.8, 4) is 0 Å². The van der Waals surface area contributed by atoms with Crippen LogP contribution < -0.4 is 10.6 Å². The Morgan fingerprint density at radius 1 is 1.16 bits per heavy atom. The highest BCUT2D eigenvalue weighted by Crippen LogP contribution is 2.33. The molecule has 2 atom stereocenters. The minimum absolute atomic E-state index is 0.129. The SMILES string of the molecule is Cc1nnc(CN=C(NCCN2CCOCC2)NCC2CCCOC2C(C)(C)C)n1C. The van der Waals surface area contributed by atoms with Gasteiger partial charge in [-0.3, -0.25) is 4.90 Å². The van der Waals surface area contributed by atoms with Gasteiger partial charge in [-0.1, -0.05) is 20.8 Å². The zero-order valence-electron chi connectivity index (χ0n) is 20.0. The Labute approximate surface area is 187 Å². The van der Waals surface area contributed by atoms with Crippen LogP contribution in [0, 0.1) is 18.3 Å². The van der Waals surface area contributed by atoms with Crippen LogP contribution in [0.2, 0.25) is 0 Å². The van der Waals surface area contributed by atoms with Crippen molar-refractivity contribution in [3.63, 3.8) is 0 Å². The van der Waals surface area contributed by atoms with E-state index in [-0.39, 0.29) is 11.5 Å². The number of aryl methyl sites for hydroxylation is 1. The number of rotatable bonds is 7. The molecule has 0 spiro atoms. The molecule has 1 aromatic rings. The minimum Gasteiger partial charge on any atom is -0.379 e. The molecule has 1 aromatic heterocycles. The number of morpholine rings is 1. The maximum absolute atomic E-state index is 6.16. The number of nitrogens with zero attached hydrogens (tertiary/aromatic N) is 5. The van der Waals surface area contributed by atoms with E-state index in [1.54, 1.807) is 0 Å². The Hall–Kier alpha value is -1.71. The van der Waals surface area contributed by atoms with Gasteiger partial charge in [0.25, 0.3) is 0 Å². The molecule has 9 nitrogen and oxygen atoms in total. The molecule has 176 valence electrons. The second kappa shape index (κ2) is 11.2. The van der Waals surface area contributed by atoms with E-state index in [1.807, 2.05) is 18.5 Å². The average molecular weight is 436 g/mol. The van der Waals surface area contributed by atoms with Crippen LogP contribution in [-0.4, -0.2) is 84.3 Å². The number of nitrogens with one attached hydrogen (secondary N) is 2. The molecule has 0 radical (unpaired) electrons. The summed E-state index contributed by atoms with van der Waals surface area (Å²) < 4.78 is 13.6. The van der Waals surface area contributed by atoms with Crippen LogP contribution in [-0.2, 0) is 23.1 Å². The quantitative estimate of drug-likeness (QED) is 0.493. The zero-order valence-corrected chi connectivity index (χ0v) is 20.0. The van der Waals surface area contributed by atoms with Gasteiger partial charge in [0.2, 0.25) is 0 Å². The highest BCUT2D eigenvalue weighted by molar-refractivity contribution is 5.79. The lowest BCUT2D eigenvalue weighted by Crippen LogP contribution is -2.49. The van der Waals surface area contributed by atoms with E-state index in [0.29, 0.717) is 12.5 Å². The van der Waals surface area contributed by atoms with E-state index in [2.05, 4.69) is 46.5 Å². The summed E-state index contributed by atoms with van der Waals surface area (Å²) in [4.78, 5) is 7.23. The fourth-order valence-electron chi connectivity index (χ4n) is 4.31. The minimum atomic E-state index is 0.129. The Morgan fingerprint density at radius 2 is 1.94 bits per heavy atom. The standard InChI is InChI=1S/C22H41N7O2/c1-17-26-27-19(28(17)5)16-25-21(23-8-9-29-10-13-30-14-11-29)24-15-18-7-6-12-31-20(18)22(2,3)4/h18,20H,6-16H2,1-5H3,(H2,23,24,25). The van der Waals surface area contributed by atoms with Crippen molar-refractivity contribution in [2.75, 3.05) is 52.5 Å². The van der Waals surface area contributed by atoms with Crippen LogP contribution in [0.25, 0.3) is 0 Å². The largest absolute Gasteiger partial charge is 0.379 e. The van der Waals surface area contributed by atoms with Crippen LogP contribution in [0.3, 0.4) is 0 Å². The molecule has 31 heavy (non-hydrogen) atoms. The van der Waals surface area contributed by atoms with E-state index in [4.69, 9.17) is 14.5 Å². The molecular formula is C22H41N7O2. The van der Waals surface area contributed by atoms with Gasteiger partial charge in [-0.05, 0) is 25.2 Å². The second-order valence-corrected chi connectivity index (χ2v) is 9.71. The molecule has 0 aromatic carbocycles. The number of hydrogen-bond acceptors (Lipinski definition) is 6. The van der Waals surface area contributed by atoms with Crippen LogP contribution in [0.5, 0.6) is 0 Å². The normalized spacial score (nSPS) is 23.7. The summed E-state index contributed by atoms with van der Waals surface area (Å²) in [6.45, 7) is 16.4. The van der Waals surface area contributed by atoms with E-state index < -0.39 is 0 Å². The van der Waals surface area contributed by atoms with Gasteiger partial charge >= 0.3 is 0 Å². The summed E-state index contributed by atoms with van der Waals surface area (Å²) in [5, 5.41) is 15.5. The molecule has 3 heterocycles. The first-order chi connectivity index (χ1) is 14.8. The van der Waals surface area contributed by atoms with Crippen molar-refractivity contribution in [1.82, 2.24) is 30.3 Å². The van der Waals surface area contributed by atoms with Crippen LogP contribution in [0.1, 0.15) is 45.3 Å². The van der Waals surface area contributed by atoms with Gasteiger partial charge in [0, 0.05) is 52.3 Å². The Bertz CT molecular complexity index is 707. The van der Waals surface area contributed by atoms with E-state index in [0.717, 1.165) is 76.6 Å². The summed E-state index contributed by atoms with van der Waals surface area (Å²) in [6.07, 6.45) is 2.55. The van der Waals surface area contributed by atoms with Gasteiger partial charge in [-0.25, -0.2) is 4.99 Å². The lowest BCUT2D eigenvalue weighted by atomic mass is 9.78. The molecule has 9 heteroatoms. The van der Waals surface area contributed by atoms with Gasteiger partial charge in [0.1, 0.15) is 12.4 Å². The molecule has 0 amide bonds. The van der Waals surface area contributed by atoms with Crippen molar-refractivity contribution in [3.05, 3.63) is 11.6 Å². The van der Waals surface area contributed by atoms with E-state index in [9.17, 15) is 0 Å². The zero-order chi connectivity index (χ0) is 22.3. The molecule has 2 fully saturated rings. The molecule has 2 aliphatic rings. The van der Waals surface area contributed by atoms with Gasteiger partial charge in [0.15, 0.2) is 11.8 Å². The van der Waals surface area contributed by atoms with Gasteiger partial charge in [-0.2, -0.15) is 0 Å². The van der Waals surface area contributed by atoms with Crippen LogP contribution in [0.4, 0.5) is 0 Å².